The predicted molar refractivity (Wildman–Crippen MR) is 133 cm³/mol. The molecule has 0 atom stereocenters. The Balaban J connectivity index is 1.23. The van der Waals surface area contributed by atoms with Gasteiger partial charge in [-0.1, -0.05) is 0 Å². The van der Waals surface area contributed by atoms with Crippen molar-refractivity contribution < 1.29 is 23.2 Å². The normalized spacial score (nSPS) is 12.9. The number of rotatable bonds is 9. The van der Waals surface area contributed by atoms with E-state index in [1.807, 2.05) is 0 Å². The molecule has 0 saturated heterocycles. The molecule has 3 heterocycles. The number of halogens is 2. The predicted octanol–water partition coefficient (Wildman–Crippen LogP) is 2.00. The fourth-order valence-corrected chi connectivity index (χ4v) is 3.86. The molecule has 5 rings (SSSR count). The molecule has 0 unspecified atom stereocenters. The van der Waals surface area contributed by atoms with Gasteiger partial charge in [0.1, 0.15) is 29.6 Å². The maximum Gasteiger partial charge on any atom is 0.274 e. The van der Waals surface area contributed by atoms with E-state index < -0.39 is 17.5 Å². The van der Waals surface area contributed by atoms with E-state index in [-0.39, 0.29) is 47.9 Å². The van der Waals surface area contributed by atoms with E-state index in [9.17, 15) is 23.2 Å². The number of fused-ring (bicyclic) bond motifs is 1. The molecule has 38 heavy (non-hydrogen) atoms. The Morgan fingerprint density at radius 3 is 2.58 bits per heavy atom. The molecule has 3 amide bonds. The quantitative estimate of drug-likeness (QED) is 0.288. The van der Waals surface area contributed by atoms with Crippen LogP contribution >= 0.6 is 0 Å². The molecule has 0 aliphatic heterocycles. The van der Waals surface area contributed by atoms with Gasteiger partial charge < -0.3 is 16.0 Å². The van der Waals surface area contributed by atoms with E-state index in [1.165, 1.54) is 27.7 Å². The van der Waals surface area contributed by atoms with Gasteiger partial charge in [0.2, 0.25) is 11.8 Å². The van der Waals surface area contributed by atoms with Crippen molar-refractivity contribution in [3.05, 3.63) is 60.2 Å². The molecule has 4 aromatic rings. The Labute approximate surface area is 215 Å². The Hall–Kier alpha value is -4.68. The number of anilines is 1. The third-order valence-electron chi connectivity index (χ3n) is 5.95. The Morgan fingerprint density at radius 1 is 1.05 bits per heavy atom. The number of carbonyl (C=O) groups excluding carboxylic acids is 3. The van der Waals surface area contributed by atoms with Crippen molar-refractivity contribution in [2.45, 2.75) is 19.4 Å². The minimum atomic E-state index is -0.735. The van der Waals surface area contributed by atoms with Crippen LogP contribution in [0.3, 0.4) is 0 Å². The first kappa shape index (κ1) is 25.0. The molecule has 11 nitrogen and oxygen atoms in total. The van der Waals surface area contributed by atoms with Gasteiger partial charge in [-0.2, -0.15) is 10.2 Å². The summed E-state index contributed by atoms with van der Waals surface area (Å²) in [6.45, 7) is 0.511. The number of aryl methyl sites for hydroxylation is 1. The summed E-state index contributed by atoms with van der Waals surface area (Å²) in [5.41, 5.74) is 0.416. The molecule has 3 N–H and O–H groups in total. The van der Waals surface area contributed by atoms with Gasteiger partial charge in [0.25, 0.3) is 5.91 Å². The van der Waals surface area contributed by atoms with Crippen molar-refractivity contribution >= 4 is 34.3 Å². The molecule has 1 aromatic carbocycles. The zero-order chi connectivity index (χ0) is 26.8. The van der Waals surface area contributed by atoms with Gasteiger partial charge in [-0.15, -0.1) is 0 Å². The SMILES string of the molecule is Cn1cc(-c2nc(C(=O)Nc3cc4cn(CC(=O)NCCNC(=O)C5CC5)nc4cc3F)ccc2F)cn1. The molecule has 13 heteroatoms. The smallest absolute Gasteiger partial charge is 0.274 e. The fraction of sp³-hybridized carbons (Fsp3) is 0.280. The van der Waals surface area contributed by atoms with Gasteiger partial charge in [0.05, 0.1) is 17.4 Å². The lowest BCUT2D eigenvalue weighted by atomic mass is 10.2. The van der Waals surface area contributed by atoms with Crippen LogP contribution in [0.1, 0.15) is 23.3 Å². The van der Waals surface area contributed by atoms with Crippen LogP contribution in [-0.2, 0) is 23.2 Å². The minimum Gasteiger partial charge on any atom is -0.354 e. The maximum absolute atomic E-state index is 14.7. The number of benzene rings is 1. The third kappa shape index (κ3) is 5.66. The monoisotopic (exact) mass is 522 g/mol. The van der Waals surface area contributed by atoms with Crippen molar-refractivity contribution in [3.8, 4) is 11.3 Å². The van der Waals surface area contributed by atoms with Crippen molar-refractivity contribution in [3.63, 3.8) is 0 Å². The Kier molecular flexibility index (Phi) is 6.81. The summed E-state index contributed by atoms with van der Waals surface area (Å²) in [7, 11) is 1.67. The average molecular weight is 523 g/mol. The molecule has 0 bridgehead atoms. The lowest BCUT2D eigenvalue weighted by molar-refractivity contribution is -0.123. The van der Waals surface area contributed by atoms with E-state index in [0.29, 0.717) is 23.0 Å². The number of pyridine rings is 1. The van der Waals surface area contributed by atoms with E-state index in [0.717, 1.165) is 25.0 Å². The lowest BCUT2D eigenvalue weighted by Crippen LogP contribution is -2.36. The molecule has 1 fully saturated rings. The first-order chi connectivity index (χ1) is 18.3. The van der Waals surface area contributed by atoms with Crippen LogP contribution in [0.2, 0.25) is 0 Å². The van der Waals surface area contributed by atoms with Gasteiger partial charge in [-0.05, 0) is 31.0 Å². The Bertz CT molecular complexity index is 1540. The number of hydrogen-bond acceptors (Lipinski definition) is 6. The molecular weight excluding hydrogens is 498 g/mol. The molecule has 1 aliphatic carbocycles. The topological polar surface area (TPSA) is 136 Å². The van der Waals surface area contributed by atoms with Crippen LogP contribution in [0.4, 0.5) is 14.5 Å². The molecule has 1 aliphatic rings. The molecular formula is C25H24F2N8O3. The number of carbonyl (C=O) groups is 3. The highest BCUT2D eigenvalue weighted by Gasteiger charge is 2.29. The second kappa shape index (κ2) is 10.4. The highest BCUT2D eigenvalue weighted by atomic mass is 19.1. The zero-order valence-electron chi connectivity index (χ0n) is 20.4. The standard InChI is InChI=1S/C25H24F2N8O3/c1-34-11-16(10-30-34)23-17(26)4-5-19(31-23)25(38)32-21-8-15-12-35(33-20(15)9-18(21)27)13-22(36)28-6-7-29-24(37)14-2-3-14/h4-5,8-12,14H,2-3,6-7,13H2,1H3,(H,28,36)(H,29,37)(H,32,38). The van der Waals surface area contributed by atoms with Crippen molar-refractivity contribution in [1.82, 2.24) is 35.2 Å². The van der Waals surface area contributed by atoms with Crippen LogP contribution in [0.15, 0.2) is 42.9 Å². The first-order valence-corrected chi connectivity index (χ1v) is 11.9. The summed E-state index contributed by atoms with van der Waals surface area (Å²) in [6.07, 6.45) is 6.35. The van der Waals surface area contributed by atoms with Crippen molar-refractivity contribution in [2.24, 2.45) is 13.0 Å². The van der Waals surface area contributed by atoms with Crippen LogP contribution in [0.5, 0.6) is 0 Å². The summed E-state index contributed by atoms with van der Waals surface area (Å²) in [5, 5.41) is 16.6. The van der Waals surface area contributed by atoms with Gasteiger partial charge >= 0.3 is 0 Å². The fourth-order valence-electron chi connectivity index (χ4n) is 3.86. The van der Waals surface area contributed by atoms with E-state index in [2.05, 4.69) is 31.1 Å². The summed E-state index contributed by atoms with van der Waals surface area (Å²) >= 11 is 0. The third-order valence-corrected chi connectivity index (χ3v) is 5.95. The van der Waals surface area contributed by atoms with Crippen LogP contribution in [0.25, 0.3) is 22.2 Å². The van der Waals surface area contributed by atoms with E-state index in [4.69, 9.17) is 0 Å². The molecule has 3 aromatic heterocycles. The highest BCUT2D eigenvalue weighted by Crippen LogP contribution is 2.28. The maximum atomic E-state index is 14.7. The largest absolute Gasteiger partial charge is 0.354 e. The van der Waals surface area contributed by atoms with Crippen LogP contribution < -0.4 is 16.0 Å². The van der Waals surface area contributed by atoms with Crippen LogP contribution in [0, 0.1) is 17.6 Å². The number of aromatic nitrogens is 5. The summed E-state index contributed by atoms with van der Waals surface area (Å²) < 4.78 is 31.9. The highest BCUT2D eigenvalue weighted by molar-refractivity contribution is 6.04. The minimum absolute atomic E-state index is 0.00615. The number of amides is 3. The van der Waals surface area contributed by atoms with Crippen molar-refractivity contribution in [2.75, 3.05) is 18.4 Å². The molecule has 196 valence electrons. The van der Waals surface area contributed by atoms with Gasteiger partial charge in [-0.25, -0.2) is 13.8 Å². The van der Waals surface area contributed by atoms with E-state index >= 15 is 0 Å². The Morgan fingerprint density at radius 2 is 1.84 bits per heavy atom. The summed E-state index contributed by atoms with van der Waals surface area (Å²) in [5.74, 6) is -2.29. The molecule has 0 radical (unpaired) electrons. The number of nitrogens with zero attached hydrogens (tertiary/aromatic N) is 5. The molecule has 0 spiro atoms. The second-order valence-corrected chi connectivity index (χ2v) is 9.02. The van der Waals surface area contributed by atoms with E-state index in [1.54, 1.807) is 19.4 Å². The number of hydrogen-bond donors (Lipinski definition) is 3. The van der Waals surface area contributed by atoms with Gasteiger partial charge in [-0.3, -0.25) is 23.7 Å². The zero-order valence-corrected chi connectivity index (χ0v) is 20.4. The molecule has 1 saturated carbocycles. The van der Waals surface area contributed by atoms with Gasteiger partial charge in [0.15, 0.2) is 0 Å². The lowest BCUT2D eigenvalue weighted by Gasteiger charge is -2.07. The average Bonchev–Trinajstić information content (AvgIpc) is 3.54. The summed E-state index contributed by atoms with van der Waals surface area (Å²) in [4.78, 5) is 40.7. The van der Waals surface area contributed by atoms with Crippen LogP contribution in [-0.4, -0.2) is 55.4 Å². The first-order valence-electron chi connectivity index (χ1n) is 11.9. The second-order valence-electron chi connectivity index (χ2n) is 9.02. The summed E-state index contributed by atoms with van der Waals surface area (Å²) in [6, 6.07) is 4.85. The van der Waals surface area contributed by atoms with Gasteiger partial charge in [0, 0.05) is 55.5 Å². The van der Waals surface area contributed by atoms with Crippen molar-refractivity contribution in [1.29, 1.82) is 0 Å². The number of nitrogens with one attached hydrogen (secondary N) is 3.